The molecule has 0 saturated heterocycles. The molecule has 12 bridgehead atoms. The molecule has 416 valence electrons. The van der Waals surface area contributed by atoms with Crippen LogP contribution in [0.25, 0.3) is 46.6 Å². The second-order valence-corrected chi connectivity index (χ2v) is 21.5. The number of fused-ring (bicyclic) bond motifs is 12. The Labute approximate surface area is 457 Å². The second-order valence-electron chi connectivity index (χ2n) is 17.1. The van der Waals surface area contributed by atoms with Crippen LogP contribution in [0.3, 0.4) is 0 Å². The molecule has 4 aromatic carbocycles. The third kappa shape index (κ3) is 9.02. The van der Waals surface area contributed by atoms with Gasteiger partial charge >= 0.3 is 0 Å². The molecule has 0 amide bonds. The molecule has 0 aliphatic carbocycles. The average molecular weight is 1230 g/mol. The molecule has 82 heavy (non-hydrogen) atoms. The summed E-state index contributed by atoms with van der Waals surface area (Å²) in [5, 5.41) is 0. The smallest absolute Gasteiger partial charge is 0.200 e. The molecule has 0 spiro atoms. The lowest BCUT2D eigenvalue weighted by atomic mass is 10.0. The average Bonchev–Trinajstić information content (AvgIpc) is 4.51. The van der Waals surface area contributed by atoms with Gasteiger partial charge in [-0.3, -0.25) is 0 Å². The molecular formula is C56H16F20O2S4. The summed E-state index contributed by atoms with van der Waals surface area (Å²) < 4.78 is 316. The standard InChI is InChI=1S/C56H16F20O2S4/c57-37-33(38(58)46(66)53(73)45(37)65)29-21-9-10-23(77-21)31(35-41(61)49(69)55(75)50(70)42(35)62)27-15-7-19(81-27)3-4-20-8-16-28(82-20)32(36-43(63)51(71)56(76)52(72)44(36)64)24-12-11-22(78-24)30(34-39(59)47(67)54(74)48(68)40(34)60)26-14-6-18(80-26)2-1-17-5-13-25(29)79-17/h1-16H/b2-1?,4-3?,17-1-,18-2+,19-3+,20-4-,29-21?,29-25+,30-22?,30-26+,31-23?,31-27+,32-24?,32-28+. The molecule has 10 aromatic rings. The Bertz CT molecular complexity index is 4230. The van der Waals surface area contributed by atoms with E-state index in [-0.39, 0.29) is 36.3 Å². The van der Waals surface area contributed by atoms with Crippen LogP contribution in [0.5, 0.6) is 0 Å². The third-order valence-corrected chi connectivity index (χ3v) is 16.6. The highest BCUT2D eigenvalue weighted by Crippen LogP contribution is 2.39. The van der Waals surface area contributed by atoms with Crippen molar-refractivity contribution < 1.29 is 96.6 Å². The van der Waals surface area contributed by atoms with Crippen LogP contribution < -0.4 is 36.3 Å². The maximum Gasteiger partial charge on any atom is 0.200 e. The van der Waals surface area contributed by atoms with Crippen LogP contribution in [0.1, 0.15) is 45.3 Å². The fourth-order valence-corrected chi connectivity index (χ4v) is 12.5. The predicted molar refractivity (Wildman–Crippen MR) is 261 cm³/mol. The van der Waals surface area contributed by atoms with Crippen molar-refractivity contribution in [3.63, 3.8) is 0 Å². The Morgan fingerprint density at radius 2 is 0.354 bits per heavy atom. The van der Waals surface area contributed by atoms with Gasteiger partial charge in [0.05, 0.1) is 22.3 Å². The maximum absolute atomic E-state index is 15.9. The highest BCUT2D eigenvalue weighted by atomic mass is 32.1. The fourth-order valence-electron chi connectivity index (χ4n) is 8.62. The second kappa shape index (κ2) is 21.0. The van der Waals surface area contributed by atoms with E-state index in [1.54, 1.807) is 0 Å². The number of furan rings is 2. The maximum atomic E-state index is 15.9. The van der Waals surface area contributed by atoms with Gasteiger partial charge in [0, 0.05) is 58.6 Å². The van der Waals surface area contributed by atoms with E-state index < -0.39 is 184 Å². The lowest BCUT2D eigenvalue weighted by Crippen LogP contribution is -2.13. The Morgan fingerprint density at radius 1 is 0.195 bits per heavy atom. The molecule has 2 nitrogen and oxygen atoms in total. The monoisotopic (exact) mass is 1230 g/mol. The molecule has 1 aliphatic rings. The number of thiophene rings is 4. The van der Waals surface area contributed by atoms with Gasteiger partial charge in [0.1, 0.15) is 23.0 Å². The van der Waals surface area contributed by atoms with Gasteiger partial charge in [0.15, 0.2) is 93.1 Å². The number of hydrogen-bond acceptors (Lipinski definition) is 6. The lowest BCUT2D eigenvalue weighted by Gasteiger charge is -2.12. The van der Waals surface area contributed by atoms with Crippen LogP contribution >= 0.6 is 45.3 Å². The van der Waals surface area contributed by atoms with E-state index in [1.807, 2.05) is 0 Å². The number of hydrogen-bond donors (Lipinski definition) is 0. The van der Waals surface area contributed by atoms with Gasteiger partial charge < -0.3 is 8.83 Å². The van der Waals surface area contributed by atoms with Crippen LogP contribution in [-0.2, 0) is 0 Å². The molecule has 6 aromatic heterocycles. The van der Waals surface area contributed by atoms with Crippen LogP contribution in [-0.4, -0.2) is 0 Å². The summed E-state index contributed by atoms with van der Waals surface area (Å²) in [4.78, 5) is 0. The normalized spacial score (nSPS) is 17.2. The van der Waals surface area contributed by atoms with Crippen LogP contribution in [0.2, 0.25) is 0 Å². The van der Waals surface area contributed by atoms with E-state index in [2.05, 4.69) is 0 Å². The van der Waals surface area contributed by atoms with Crippen LogP contribution in [0.4, 0.5) is 87.8 Å². The minimum Gasteiger partial charge on any atom is -0.456 e. The zero-order chi connectivity index (χ0) is 58.7. The van der Waals surface area contributed by atoms with Crippen molar-refractivity contribution in [2.75, 3.05) is 0 Å². The van der Waals surface area contributed by atoms with Gasteiger partial charge in [-0.2, -0.15) is 0 Å². The molecule has 0 N–H and O–H groups in total. The lowest BCUT2D eigenvalue weighted by molar-refractivity contribution is 0.375. The summed E-state index contributed by atoms with van der Waals surface area (Å²) in [7, 11) is 0. The number of halogens is 20. The van der Waals surface area contributed by atoms with E-state index in [1.165, 1.54) is 48.6 Å². The highest BCUT2D eigenvalue weighted by Gasteiger charge is 2.36. The first kappa shape index (κ1) is 55.7. The molecular weight excluding hydrogens is 1210 g/mol. The van der Waals surface area contributed by atoms with Gasteiger partial charge in [-0.05, 0) is 97.1 Å². The first-order chi connectivity index (χ1) is 39.0. The van der Waals surface area contributed by atoms with E-state index in [4.69, 9.17) is 8.83 Å². The van der Waals surface area contributed by atoms with Crippen molar-refractivity contribution in [2.45, 2.75) is 0 Å². The van der Waals surface area contributed by atoms with Gasteiger partial charge in [-0.25, -0.2) is 87.8 Å². The van der Waals surface area contributed by atoms with Gasteiger partial charge in [0.2, 0.25) is 23.3 Å². The first-order valence-electron chi connectivity index (χ1n) is 22.5. The zero-order valence-corrected chi connectivity index (χ0v) is 42.5. The summed E-state index contributed by atoms with van der Waals surface area (Å²) in [6.07, 6.45) is 4.94. The Hall–Kier alpha value is -8.20. The molecule has 0 saturated carbocycles. The zero-order valence-electron chi connectivity index (χ0n) is 39.2. The largest absolute Gasteiger partial charge is 0.456 e. The summed E-state index contributed by atoms with van der Waals surface area (Å²) in [5.74, 6) is -52.3. The Kier molecular flexibility index (Phi) is 14.2. The van der Waals surface area contributed by atoms with E-state index in [0.29, 0.717) is 45.3 Å². The Balaban J connectivity index is 1.28. The molecule has 26 heteroatoms. The fraction of sp³-hybridized carbons (Fsp3) is 0. The first-order valence-corrected chi connectivity index (χ1v) is 25.8. The molecule has 7 heterocycles. The van der Waals surface area contributed by atoms with Crippen LogP contribution in [0.15, 0.2) is 81.6 Å². The molecule has 0 radical (unpaired) electrons. The van der Waals surface area contributed by atoms with Crippen LogP contribution in [0, 0.1) is 116 Å². The molecule has 0 atom stereocenters. The SMILES string of the molecule is Fc1c(F)c(F)c(/C2=c3\cc/c(s3)=C/C=c3\cc/c(s3)=C(\c3c(F)c(F)c(F)c(F)c3F)c3ccc(o3)/C(c3c(F)c(F)c(F)c(F)c3F)=c3/cc/c(s3)=C/C=c3\cc/c(s3)=C(\c3c(F)c(F)c(F)c(F)c3F)c3ccc2o3)c(F)c1F. The van der Waals surface area contributed by atoms with E-state index >= 15 is 70.2 Å². The van der Waals surface area contributed by atoms with Crippen molar-refractivity contribution >= 4 is 91.9 Å². The number of rotatable bonds is 4. The third-order valence-electron chi connectivity index (χ3n) is 12.4. The predicted octanol–water partition coefficient (Wildman–Crippen LogP) is 11.7. The van der Waals surface area contributed by atoms with Gasteiger partial charge in [-0.1, -0.05) is 0 Å². The summed E-state index contributed by atoms with van der Waals surface area (Å²) in [6.45, 7) is 0. The van der Waals surface area contributed by atoms with Crippen molar-refractivity contribution in [3.05, 3.63) is 271 Å². The van der Waals surface area contributed by atoms with E-state index in [9.17, 15) is 17.6 Å². The molecule has 0 fully saturated rings. The number of benzene rings is 4. The van der Waals surface area contributed by atoms with Gasteiger partial charge in [-0.15, -0.1) is 45.3 Å². The van der Waals surface area contributed by atoms with Crippen molar-refractivity contribution in [1.82, 2.24) is 0 Å². The quantitative estimate of drug-likeness (QED) is 0.0997. The van der Waals surface area contributed by atoms with Gasteiger partial charge in [0.25, 0.3) is 0 Å². The van der Waals surface area contributed by atoms with E-state index in [0.717, 1.165) is 48.5 Å². The van der Waals surface area contributed by atoms with Crippen molar-refractivity contribution in [3.8, 4) is 0 Å². The minimum absolute atomic E-state index is 0.0555. The highest BCUT2D eigenvalue weighted by molar-refractivity contribution is 7.09. The molecule has 1 aliphatic heterocycles. The molecule has 11 rings (SSSR count). The summed E-state index contributed by atoms with van der Waals surface area (Å²) in [5.41, 5.74) is -10.1. The Morgan fingerprint density at radius 3 is 0.524 bits per heavy atom. The summed E-state index contributed by atoms with van der Waals surface area (Å²) >= 11 is 2.21. The summed E-state index contributed by atoms with van der Waals surface area (Å²) in [6, 6.07) is 12.5. The van der Waals surface area contributed by atoms with Crippen molar-refractivity contribution in [1.29, 1.82) is 0 Å². The topological polar surface area (TPSA) is 26.3 Å². The minimum atomic E-state index is -2.58. The molecule has 0 unspecified atom stereocenters. The van der Waals surface area contributed by atoms with Crippen molar-refractivity contribution in [2.24, 2.45) is 0 Å².